The summed E-state index contributed by atoms with van der Waals surface area (Å²) in [6.07, 6.45) is 2.61. The van der Waals surface area contributed by atoms with Gasteiger partial charge in [0, 0.05) is 11.7 Å². The van der Waals surface area contributed by atoms with Crippen molar-refractivity contribution in [3.63, 3.8) is 0 Å². The lowest BCUT2D eigenvalue weighted by atomic mass is 10.00. The van der Waals surface area contributed by atoms with Crippen molar-refractivity contribution in [3.8, 4) is 0 Å². The Bertz CT molecular complexity index is 1100. The molecule has 0 heterocycles. The van der Waals surface area contributed by atoms with Crippen LogP contribution >= 0.6 is 0 Å². The zero-order valence-corrected chi connectivity index (χ0v) is 21.1. The largest absolute Gasteiger partial charge is 0.444 e. The Morgan fingerprint density at radius 3 is 2.40 bits per heavy atom. The molecule has 1 aliphatic rings. The van der Waals surface area contributed by atoms with E-state index >= 15 is 0 Å². The molecule has 2 unspecified atom stereocenters. The number of para-hydroxylation sites is 1. The Kier molecular flexibility index (Phi) is 7.99. The summed E-state index contributed by atoms with van der Waals surface area (Å²) in [5, 5.41) is 5.63. The van der Waals surface area contributed by atoms with Gasteiger partial charge in [-0.3, -0.25) is 9.59 Å². The van der Waals surface area contributed by atoms with Crippen LogP contribution in [0.2, 0.25) is 0 Å². The second-order valence-corrected chi connectivity index (χ2v) is 9.93. The van der Waals surface area contributed by atoms with E-state index in [4.69, 9.17) is 4.74 Å². The van der Waals surface area contributed by atoms with Crippen molar-refractivity contribution in [2.45, 2.75) is 71.2 Å². The Morgan fingerprint density at radius 1 is 1.11 bits per heavy atom. The van der Waals surface area contributed by atoms with Crippen molar-refractivity contribution in [3.05, 3.63) is 71.8 Å². The molecule has 0 aromatic heterocycles. The molecule has 0 bridgehead atoms. The Balaban J connectivity index is 1.94. The molecule has 2 atom stereocenters. The highest BCUT2D eigenvalue weighted by atomic mass is 16.6. The van der Waals surface area contributed by atoms with Crippen molar-refractivity contribution in [2.24, 2.45) is 0 Å². The van der Waals surface area contributed by atoms with E-state index in [0.29, 0.717) is 11.3 Å². The summed E-state index contributed by atoms with van der Waals surface area (Å²) in [5.74, 6) is -0.655. The molecule has 7 heteroatoms. The van der Waals surface area contributed by atoms with Crippen molar-refractivity contribution < 1.29 is 19.1 Å². The summed E-state index contributed by atoms with van der Waals surface area (Å²) in [6, 6.07) is 13.1. The number of nitrogens with zero attached hydrogens (tertiary/aromatic N) is 1. The van der Waals surface area contributed by atoms with Gasteiger partial charge in [0.15, 0.2) is 0 Å². The maximum Gasteiger partial charge on any atom is 0.408 e. The van der Waals surface area contributed by atoms with E-state index in [1.165, 1.54) is 0 Å². The molecule has 2 N–H and O–H groups in total. The summed E-state index contributed by atoms with van der Waals surface area (Å²) >= 11 is 0. The maximum atomic E-state index is 13.7. The zero-order valence-electron chi connectivity index (χ0n) is 21.1. The van der Waals surface area contributed by atoms with E-state index in [0.717, 1.165) is 24.0 Å². The van der Waals surface area contributed by atoms with Gasteiger partial charge in [-0.15, -0.1) is 0 Å². The van der Waals surface area contributed by atoms with Gasteiger partial charge in [0.2, 0.25) is 5.91 Å². The molecule has 186 valence electrons. The number of rotatable bonds is 8. The predicted molar refractivity (Wildman–Crippen MR) is 138 cm³/mol. The normalized spacial score (nSPS) is 14.9. The summed E-state index contributed by atoms with van der Waals surface area (Å²) in [5.41, 5.74) is 2.44. The molecule has 0 saturated heterocycles. The van der Waals surface area contributed by atoms with Gasteiger partial charge in [-0.25, -0.2) is 4.79 Å². The standard InChI is InChI=1S/C28H35N3O4/c1-7-20-12-10-13-21(17-20)24(25(32)30-23-14-9-8-11-18(23)2)31(22-15-16-22)26(33)19(3)29-27(34)35-28(4,5)6/h7-14,17,19,22,24H,1,15-16H2,2-6H3,(H,29,34)(H,30,32). The van der Waals surface area contributed by atoms with Gasteiger partial charge in [-0.05, 0) is 76.3 Å². The van der Waals surface area contributed by atoms with Crippen LogP contribution < -0.4 is 10.6 Å². The van der Waals surface area contributed by atoms with Gasteiger partial charge in [-0.1, -0.05) is 49.1 Å². The topological polar surface area (TPSA) is 87.7 Å². The number of anilines is 1. The van der Waals surface area contributed by atoms with Crippen molar-refractivity contribution in [1.29, 1.82) is 0 Å². The minimum absolute atomic E-state index is 0.0922. The van der Waals surface area contributed by atoms with Crippen molar-refractivity contribution in [1.82, 2.24) is 10.2 Å². The fraction of sp³-hybridized carbons (Fsp3) is 0.393. The number of hydrogen-bond donors (Lipinski definition) is 2. The van der Waals surface area contributed by atoms with Gasteiger partial charge in [-0.2, -0.15) is 0 Å². The third-order valence-corrected chi connectivity index (χ3v) is 5.69. The highest BCUT2D eigenvalue weighted by molar-refractivity contribution is 5.99. The van der Waals surface area contributed by atoms with Crippen LogP contribution in [0.4, 0.5) is 10.5 Å². The monoisotopic (exact) mass is 477 g/mol. The van der Waals surface area contributed by atoms with Crippen LogP contribution in [0.15, 0.2) is 55.1 Å². The molecule has 35 heavy (non-hydrogen) atoms. The third-order valence-electron chi connectivity index (χ3n) is 5.69. The third kappa shape index (κ3) is 6.94. The Labute approximate surface area is 207 Å². The van der Waals surface area contributed by atoms with Crippen LogP contribution in [0.5, 0.6) is 0 Å². The van der Waals surface area contributed by atoms with Crippen LogP contribution in [-0.2, 0) is 14.3 Å². The lowest BCUT2D eigenvalue weighted by molar-refractivity contribution is -0.141. The van der Waals surface area contributed by atoms with Crippen LogP contribution in [-0.4, -0.2) is 40.5 Å². The van der Waals surface area contributed by atoms with Crippen molar-refractivity contribution in [2.75, 3.05) is 5.32 Å². The number of amides is 3. The van der Waals surface area contributed by atoms with E-state index in [-0.39, 0.29) is 17.9 Å². The minimum Gasteiger partial charge on any atom is -0.444 e. The Morgan fingerprint density at radius 2 is 1.80 bits per heavy atom. The summed E-state index contributed by atoms with van der Waals surface area (Å²) in [4.78, 5) is 41.3. The number of benzene rings is 2. The summed E-state index contributed by atoms with van der Waals surface area (Å²) < 4.78 is 5.32. The molecule has 2 aromatic rings. The number of nitrogens with one attached hydrogen (secondary N) is 2. The summed E-state index contributed by atoms with van der Waals surface area (Å²) in [6.45, 7) is 12.6. The van der Waals surface area contributed by atoms with Gasteiger partial charge in [0.1, 0.15) is 17.7 Å². The molecule has 3 amide bonds. The molecular weight excluding hydrogens is 442 g/mol. The highest BCUT2D eigenvalue weighted by Crippen LogP contribution is 2.36. The number of ether oxygens (including phenoxy) is 1. The highest BCUT2D eigenvalue weighted by Gasteiger charge is 2.43. The second-order valence-electron chi connectivity index (χ2n) is 9.93. The molecule has 1 aliphatic carbocycles. The lowest BCUT2D eigenvalue weighted by Crippen LogP contribution is -2.52. The molecule has 0 aliphatic heterocycles. The molecular formula is C28H35N3O4. The van der Waals surface area contributed by atoms with Crippen LogP contribution in [0.3, 0.4) is 0 Å². The van der Waals surface area contributed by atoms with E-state index in [2.05, 4.69) is 17.2 Å². The maximum absolute atomic E-state index is 13.7. The number of hydrogen-bond acceptors (Lipinski definition) is 4. The first-order chi connectivity index (χ1) is 16.5. The fourth-order valence-corrected chi connectivity index (χ4v) is 3.85. The number of carbonyl (C=O) groups is 3. The van der Waals surface area contributed by atoms with Gasteiger partial charge in [0.05, 0.1) is 0 Å². The lowest BCUT2D eigenvalue weighted by Gasteiger charge is -2.34. The van der Waals surface area contributed by atoms with Crippen molar-refractivity contribution >= 4 is 29.7 Å². The summed E-state index contributed by atoms with van der Waals surface area (Å²) in [7, 11) is 0. The van der Waals surface area contributed by atoms with Crippen LogP contribution in [0.1, 0.15) is 63.3 Å². The first kappa shape index (κ1) is 26.0. The quantitative estimate of drug-likeness (QED) is 0.546. The smallest absolute Gasteiger partial charge is 0.408 e. The molecule has 2 aromatic carbocycles. The predicted octanol–water partition coefficient (Wildman–Crippen LogP) is 5.22. The second kappa shape index (κ2) is 10.8. The first-order valence-corrected chi connectivity index (χ1v) is 11.9. The number of alkyl carbamates (subject to hydrolysis) is 1. The van der Waals surface area contributed by atoms with E-state index in [1.54, 1.807) is 38.7 Å². The zero-order chi connectivity index (χ0) is 25.8. The minimum atomic E-state index is -0.877. The molecule has 1 saturated carbocycles. The molecule has 3 rings (SSSR count). The number of carbonyl (C=O) groups excluding carboxylic acids is 3. The van der Waals surface area contributed by atoms with Gasteiger partial charge >= 0.3 is 6.09 Å². The van der Waals surface area contributed by atoms with Crippen LogP contribution in [0, 0.1) is 6.92 Å². The van der Waals surface area contributed by atoms with Gasteiger partial charge in [0.25, 0.3) is 5.91 Å². The van der Waals surface area contributed by atoms with E-state index < -0.39 is 23.8 Å². The van der Waals surface area contributed by atoms with E-state index in [1.807, 2.05) is 55.5 Å². The molecule has 0 spiro atoms. The van der Waals surface area contributed by atoms with Crippen LogP contribution in [0.25, 0.3) is 6.08 Å². The molecule has 0 radical (unpaired) electrons. The molecule has 1 fully saturated rings. The SMILES string of the molecule is C=Cc1cccc(C(C(=O)Nc2ccccc2C)N(C(=O)C(C)NC(=O)OC(C)(C)C)C2CC2)c1. The van der Waals surface area contributed by atoms with Gasteiger partial charge < -0.3 is 20.3 Å². The number of aryl methyl sites for hydroxylation is 1. The fourth-order valence-electron chi connectivity index (χ4n) is 3.85. The Hall–Kier alpha value is -3.61. The molecule has 7 nitrogen and oxygen atoms in total. The van der Waals surface area contributed by atoms with E-state index in [9.17, 15) is 14.4 Å². The first-order valence-electron chi connectivity index (χ1n) is 11.9. The average molecular weight is 478 g/mol. The average Bonchev–Trinajstić information content (AvgIpc) is 3.62.